The summed E-state index contributed by atoms with van der Waals surface area (Å²) in [5, 5.41) is 2.83. The van der Waals surface area contributed by atoms with Crippen LogP contribution in [0, 0.1) is 17.2 Å². The second-order valence-electron chi connectivity index (χ2n) is 8.02. The van der Waals surface area contributed by atoms with Gasteiger partial charge in [-0.3, -0.25) is 4.79 Å². The second-order valence-corrected chi connectivity index (χ2v) is 8.02. The molecule has 2 atom stereocenters. The van der Waals surface area contributed by atoms with Crippen molar-refractivity contribution >= 4 is 11.6 Å². The van der Waals surface area contributed by atoms with Crippen LogP contribution in [-0.4, -0.2) is 18.6 Å². The fourth-order valence-corrected chi connectivity index (χ4v) is 3.53. The summed E-state index contributed by atoms with van der Waals surface area (Å²) in [5.74, 6) is -0.297. The van der Waals surface area contributed by atoms with Crippen LogP contribution < -0.4 is 5.32 Å². The van der Waals surface area contributed by atoms with E-state index in [1.807, 2.05) is 18.2 Å². The van der Waals surface area contributed by atoms with Crippen molar-refractivity contribution in [1.82, 2.24) is 0 Å². The molecule has 0 bridgehead atoms. The van der Waals surface area contributed by atoms with Crippen molar-refractivity contribution in [2.75, 3.05) is 11.9 Å². The van der Waals surface area contributed by atoms with Gasteiger partial charge in [0.1, 0.15) is 5.82 Å². The van der Waals surface area contributed by atoms with Crippen LogP contribution in [0.5, 0.6) is 0 Å². The summed E-state index contributed by atoms with van der Waals surface area (Å²) < 4.78 is 25.2. The van der Waals surface area contributed by atoms with Crippen molar-refractivity contribution in [2.45, 2.75) is 40.1 Å². The molecule has 1 N–H and O–H groups in total. The molecule has 2 aromatic rings. The summed E-state index contributed by atoms with van der Waals surface area (Å²) in [6.07, 6.45) is -0.387. The average Bonchev–Trinajstić information content (AvgIpc) is 2.62. The Morgan fingerprint density at radius 3 is 2.56 bits per heavy atom. The minimum Gasteiger partial charge on any atom is -0.348 e. The van der Waals surface area contributed by atoms with E-state index in [0.29, 0.717) is 23.8 Å². The molecule has 0 spiro atoms. The van der Waals surface area contributed by atoms with E-state index in [-0.39, 0.29) is 23.2 Å². The topological polar surface area (TPSA) is 47.6 Å². The van der Waals surface area contributed by atoms with Crippen LogP contribution in [0.1, 0.15) is 49.9 Å². The van der Waals surface area contributed by atoms with E-state index in [1.165, 1.54) is 24.3 Å². The summed E-state index contributed by atoms with van der Waals surface area (Å²) in [6.45, 7) is 9.19. The molecular weight excluding hydrogens is 345 g/mol. The first-order valence-corrected chi connectivity index (χ1v) is 9.20. The third-order valence-electron chi connectivity index (χ3n) is 4.78. The molecule has 0 aliphatic carbocycles. The van der Waals surface area contributed by atoms with Gasteiger partial charge in [0.25, 0.3) is 5.91 Å². The van der Waals surface area contributed by atoms with Gasteiger partial charge < -0.3 is 14.8 Å². The number of carbonyl (C=O) groups excluding carboxylic acids is 1. The maximum absolute atomic E-state index is 13.0. The van der Waals surface area contributed by atoms with Gasteiger partial charge in [-0.15, -0.1) is 0 Å². The van der Waals surface area contributed by atoms with Crippen molar-refractivity contribution in [2.24, 2.45) is 11.3 Å². The largest absolute Gasteiger partial charge is 0.348 e. The maximum atomic E-state index is 13.0. The first kappa shape index (κ1) is 19.5. The molecule has 1 fully saturated rings. The molecule has 0 unspecified atom stereocenters. The molecule has 1 aliphatic heterocycles. The molecule has 0 radical (unpaired) electrons. The van der Waals surface area contributed by atoms with Gasteiger partial charge in [0.05, 0.1) is 12.7 Å². The van der Waals surface area contributed by atoms with Crippen LogP contribution in [0.15, 0.2) is 48.5 Å². The monoisotopic (exact) mass is 371 g/mol. The van der Waals surface area contributed by atoms with E-state index < -0.39 is 6.29 Å². The van der Waals surface area contributed by atoms with Crippen LogP contribution in [-0.2, 0) is 9.47 Å². The van der Waals surface area contributed by atoms with E-state index in [9.17, 15) is 9.18 Å². The lowest BCUT2D eigenvalue weighted by Gasteiger charge is -2.44. The number of hydrogen-bond donors (Lipinski definition) is 1. The van der Waals surface area contributed by atoms with Gasteiger partial charge in [-0.1, -0.05) is 39.8 Å². The predicted molar refractivity (Wildman–Crippen MR) is 103 cm³/mol. The summed E-state index contributed by atoms with van der Waals surface area (Å²) in [7, 11) is 0. The van der Waals surface area contributed by atoms with Gasteiger partial charge in [-0.05, 0) is 42.3 Å². The van der Waals surface area contributed by atoms with Crippen molar-refractivity contribution in [3.8, 4) is 0 Å². The number of anilines is 1. The molecule has 27 heavy (non-hydrogen) atoms. The van der Waals surface area contributed by atoms with Crippen LogP contribution >= 0.6 is 0 Å². The zero-order valence-electron chi connectivity index (χ0n) is 16.2. The maximum Gasteiger partial charge on any atom is 0.255 e. The third kappa shape index (κ3) is 4.54. The van der Waals surface area contributed by atoms with Gasteiger partial charge in [0.15, 0.2) is 6.29 Å². The van der Waals surface area contributed by atoms with Crippen LogP contribution in [0.3, 0.4) is 0 Å². The quantitative estimate of drug-likeness (QED) is 0.806. The van der Waals surface area contributed by atoms with Gasteiger partial charge in [-0.25, -0.2) is 4.39 Å². The number of amides is 1. The zero-order valence-corrected chi connectivity index (χ0v) is 16.2. The smallest absolute Gasteiger partial charge is 0.255 e. The van der Waals surface area contributed by atoms with Gasteiger partial charge >= 0.3 is 0 Å². The Balaban J connectivity index is 1.74. The summed E-state index contributed by atoms with van der Waals surface area (Å²) in [4.78, 5) is 12.3. The number of ether oxygens (including phenoxy) is 2. The highest BCUT2D eigenvalue weighted by Gasteiger charge is 2.40. The van der Waals surface area contributed by atoms with E-state index in [1.54, 1.807) is 6.07 Å². The number of carbonyl (C=O) groups is 1. The Kier molecular flexibility index (Phi) is 5.63. The predicted octanol–water partition coefficient (Wildman–Crippen LogP) is 5.17. The van der Waals surface area contributed by atoms with Gasteiger partial charge in [0, 0.05) is 22.2 Å². The Labute approximate surface area is 159 Å². The minimum atomic E-state index is -0.465. The highest BCUT2D eigenvalue weighted by atomic mass is 19.1. The molecular formula is C22H26FNO3. The fraction of sp³-hybridized carbons (Fsp3) is 0.409. The number of benzene rings is 2. The first-order chi connectivity index (χ1) is 12.8. The van der Waals surface area contributed by atoms with Crippen molar-refractivity contribution < 1.29 is 18.7 Å². The lowest BCUT2D eigenvalue weighted by molar-refractivity contribution is -0.274. The van der Waals surface area contributed by atoms with Crippen LogP contribution in [0.25, 0.3) is 0 Å². The average molecular weight is 371 g/mol. The standard InChI is InChI=1S/C22H26FNO3/c1-14(2)19-22(3,4)13-26-21(27-19)16-6-5-7-18(12-16)24-20(25)15-8-10-17(23)11-9-15/h5-12,14,19,21H,13H2,1-4H3,(H,24,25)/t19-,21-/m1/s1. The van der Waals surface area contributed by atoms with E-state index in [4.69, 9.17) is 9.47 Å². The highest BCUT2D eigenvalue weighted by molar-refractivity contribution is 6.04. The van der Waals surface area contributed by atoms with Crippen molar-refractivity contribution in [3.63, 3.8) is 0 Å². The molecule has 1 heterocycles. The first-order valence-electron chi connectivity index (χ1n) is 9.20. The van der Waals surface area contributed by atoms with Crippen LogP contribution in [0.4, 0.5) is 10.1 Å². The van der Waals surface area contributed by atoms with E-state index in [0.717, 1.165) is 5.56 Å². The SMILES string of the molecule is CC(C)[C@H]1O[C@H](c2cccc(NC(=O)c3ccc(F)cc3)c2)OCC1(C)C. The molecule has 144 valence electrons. The molecule has 2 aromatic carbocycles. The molecule has 1 saturated heterocycles. The lowest BCUT2D eigenvalue weighted by Crippen LogP contribution is -2.45. The molecule has 1 aliphatic rings. The Hall–Kier alpha value is -2.24. The number of nitrogens with one attached hydrogen (secondary N) is 1. The van der Waals surface area contributed by atoms with E-state index >= 15 is 0 Å². The summed E-state index contributed by atoms with van der Waals surface area (Å²) >= 11 is 0. The summed E-state index contributed by atoms with van der Waals surface area (Å²) in [5.41, 5.74) is 1.83. The van der Waals surface area contributed by atoms with E-state index in [2.05, 4.69) is 33.0 Å². The molecule has 3 rings (SSSR count). The lowest BCUT2D eigenvalue weighted by atomic mass is 9.80. The van der Waals surface area contributed by atoms with Gasteiger partial charge in [0.2, 0.25) is 0 Å². The fourth-order valence-electron chi connectivity index (χ4n) is 3.53. The third-order valence-corrected chi connectivity index (χ3v) is 4.78. The number of rotatable bonds is 4. The molecule has 4 nitrogen and oxygen atoms in total. The van der Waals surface area contributed by atoms with Crippen molar-refractivity contribution in [3.05, 3.63) is 65.5 Å². The highest BCUT2D eigenvalue weighted by Crippen LogP contribution is 2.39. The molecule has 0 saturated carbocycles. The normalized spacial score (nSPS) is 21.9. The Morgan fingerprint density at radius 2 is 1.89 bits per heavy atom. The minimum absolute atomic E-state index is 0.0565. The zero-order chi connectivity index (χ0) is 19.6. The molecule has 0 aromatic heterocycles. The number of hydrogen-bond acceptors (Lipinski definition) is 3. The van der Waals surface area contributed by atoms with Crippen molar-refractivity contribution in [1.29, 1.82) is 0 Å². The summed E-state index contributed by atoms with van der Waals surface area (Å²) in [6, 6.07) is 12.9. The number of halogens is 1. The van der Waals surface area contributed by atoms with Gasteiger partial charge in [-0.2, -0.15) is 0 Å². The Bertz CT molecular complexity index is 801. The van der Waals surface area contributed by atoms with Crippen LogP contribution in [0.2, 0.25) is 0 Å². The molecule has 1 amide bonds. The second kappa shape index (κ2) is 7.79. The molecule has 5 heteroatoms. The Morgan fingerprint density at radius 1 is 1.19 bits per heavy atom.